The summed E-state index contributed by atoms with van der Waals surface area (Å²) >= 11 is 12.1. The van der Waals surface area contributed by atoms with Gasteiger partial charge in [-0.05, 0) is 73.0 Å². The standard InChI is InChI=1S/C28H22Cl2N4O5/c29-20-6-1-15(9-21(20)30)13-31-28(37)34-23(16-2-3-16)12-22(33-34)19-11-18(5-7-24(19)35)32-27(36)17-4-8-25-26(10-17)39-14-38-25/h1,4-12,16,35H,2-3,13-14H2,(H,31,37)(H,32,36). The van der Waals surface area contributed by atoms with Crippen LogP contribution in [0.5, 0.6) is 17.2 Å². The zero-order valence-corrected chi connectivity index (χ0v) is 21.9. The third-order valence-corrected chi connectivity index (χ3v) is 7.26. The van der Waals surface area contributed by atoms with E-state index in [0.717, 1.165) is 24.1 Å². The maximum absolute atomic E-state index is 13.1. The Balaban J connectivity index is 1.22. The Morgan fingerprint density at radius 1 is 0.974 bits per heavy atom. The molecule has 2 aliphatic rings. The van der Waals surface area contributed by atoms with Gasteiger partial charge in [0.1, 0.15) is 5.75 Å². The molecule has 39 heavy (non-hydrogen) atoms. The van der Waals surface area contributed by atoms with E-state index >= 15 is 0 Å². The van der Waals surface area contributed by atoms with E-state index in [-0.39, 0.29) is 30.9 Å². The molecule has 0 radical (unpaired) electrons. The van der Waals surface area contributed by atoms with Crippen molar-refractivity contribution in [1.29, 1.82) is 0 Å². The fraction of sp³-hybridized carbons (Fsp3) is 0.179. The number of fused-ring (bicyclic) bond motifs is 1. The molecule has 1 aliphatic heterocycles. The maximum atomic E-state index is 13.1. The van der Waals surface area contributed by atoms with Crippen LogP contribution in [-0.2, 0) is 6.54 Å². The molecule has 1 fully saturated rings. The van der Waals surface area contributed by atoms with E-state index in [4.69, 9.17) is 32.7 Å². The summed E-state index contributed by atoms with van der Waals surface area (Å²) < 4.78 is 12.0. The van der Waals surface area contributed by atoms with Gasteiger partial charge in [0.05, 0.1) is 21.4 Å². The molecule has 0 saturated heterocycles. The van der Waals surface area contributed by atoms with Gasteiger partial charge in [-0.1, -0.05) is 29.3 Å². The van der Waals surface area contributed by atoms with E-state index in [0.29, 0.717) is 44.1 Å². The molecule has 1 saturated carbocycles. The van der Waals surface area contributed by atoms with E-state index in [9.17, 15) is 14.7 Å². The molecule has 6 rings (SSSR count). The molecule has 4 aromatic rings. The molecule has 1 aliphatic carbocycles. The quantitative estimate of drug-likeness (QED) is 0.241. The van der Waals surface area contributed by atoms with Crippen LogP contribution in [0.4, 0.5) is 10.5 Å². The van der Waals surface area contributed by atoms with Crippen molar-refractivity contribution < 1.29 is 24.2 Å². The fourth-order valence-corrected chi connectivity index (χ4v) is 4.64. The van der Waals surface area contributed by atoms with E-state index in [1.165, 1.54) is 10.7 Å². The number of phenols is 1. The topological polar surface area (TPSA) is 115 Å². The number of benzene rings is 3. The summed E-state index contributed by atoms with van der Waals surface area (Å²) in [5, 5.41) is 21.7. The Labute approximate surface area is 233 Å². The lowest BCUT2D eigenvalue weighted by molar-refractivity contribution is 0.102. The summed E-state index contributed by atoms with van der Waals surface area (Å²) in [7, 11) is 0. The first-order valence-corrected chi connectivity index (χ1v) is 13.0. The number of carbonyl (C=O) groups excluding carboxylic acids is 2. The first kappa shape index (κ1) is 25.1. The third-order valence-electron chi connectivity index (χ3n) is 6.52. The summed E-state index contributed by atoms with van der Waals surface area (Å²) in [6.45, 7) is 0.354. The number of nitrogens with one attached hydrogen (secondary N) is 2. The molecule has 3 aromatic carbocycles. The zero-order chi connectivity index (χ0) is 27.1. The van der Waals surface area contributed by atoms with Gasteiger partial charge in [0.15, 0.2) is 11.5 Å². The number of phenolic OH excluding ortho intramolecular Hbond substituents is 1. The lowest BCUT2D eigenvalue weighted by Crippen LogP contribution is -2.30. The van der Waals surface area contributed by atoms with Crippen molar-refractivity contribution in [2.75, 3.05) is 12.1 Å². The van der Waals surface area contributed by atoms with Crippen LogP contribution in [0.3, 0.4) is 0 Å². The van der Waals surface area contributed by atoms with Crippen LogP contribution in [0.1, 0.15) is 40.4 Å². The predicted molar refractivity (Wildman–Crippen MR) is 146 cm³/mol. The summed E-state index contributed by atoms with van der Waals surface area (Å²) in [4.78, 5) is 26.0. The third kappa shape index (κ3) is 5.23. The van der Waals surface area contributed by atoms with Crippen LogP contribution in [0.15, 0.2) is 60.7 Å². The number of carbonyl (C=O) groups is 2. The van der Waals surface area contributed by atoms with E-state index in [2.05, 4.69) is 15.7 Å². The van der Waals surface area contributed by atoms with Gasteiger partial charge >= 0.3 is 6.03 Å². The molecule has 2 heterocycles. The number of hydrogen-bond donors (Lipinski definition) is 3. The van der Waals surface area contributed by atoms with Crippen LogP contribution in [0.25, 0.3) is 11.3 Å². The second kappa shape index (κ2) is 10.2. The molecule has 2 amide bonds. The van der Waals surface area contributed by atoms with Crippen molar-refractivity contribution in [2.24, 2.45) is 0 Å². The van der Waals surface area contributed by atoms with Crippen LogP contribution in [-0.4, -0.2) is 33.6 Å². The molecule has 3 N–H and O–H groups in total. The first-order valence-electron chi connectivity index (χ1n) is 12.2. The van der Waals surface area contributed by atoms with Gasteiger partial charge in [-0.15, -0.1) is 0 Å². The van der Waals surface area contributed by atoms with E-state index < -0.39 is 6.03 Å². The normalized spacial score (nSPS) is 13.8. The summed E-state index contributed by atoms with van der Waals surface area (Å²) in [5.74, 6) is 0.916. The number of rotatable bonds is 6. The Morgan fingerprint density at radius 2 is 1.79 bits per heavy atom. The minimum atomic E-state index is -0.402. The average molecular weight is 565 g/mol. The van der Waals surface area contributed by atoms with Gasteiger partial charge < -0.3 is 25.2 Å². The van der Waals surface area contributed by atoms with Crippen LogP contribution in [0, 0.1) is 0 Å². The van der Waals surface area contributed by atoms with Crippen LogP contribution >= 0.6 is 23.2 Å². The highest BCUT2D eigenvalue weighted by molar-refractivity contribution is 6.42. The van der Waals surface area contributed by atoms with Gasteiger partial charge in [0, 0.05) is 29.3 Å². The summed E-state index contributed by atoms with van der Waals surface area (Å²) in [6, 6.07) is 16.2. The SMILES string of the molecule is O=C(Nc1ccc(O)c(-c2cc(C3CC3)n(C(=O)NCc3ccc(Cl)c(Cl)c3)n2)c1)c1ccc2c(c1)OCO2. The van der Waals surface area contributed by atoms with Crippen molar-refractivity contribution in [3.63, 3.8) is 0 Å². The van der Waals surface area contributed by atoms with E-state index in [1.54, 1.807) is 54.6 Å². The van der Waals surface area contributed by atoms with E-state index in [1.807, 2.05) is 0 Å². The van der Waals surface area contributed by atoms with Crippen LogP contribution in [0.2, 0.25) is 10.0 Å². The van der Waals surface area contributed by atoms with Gasteiger partial charge in [-0.25, -0.2) is 4.79 Å². The summed E-state index contributed by atoms with van der Waals surface area (Å²) in [6.07, 6.45) is 1.89. The van der Waals surface area contributed by atoms with Crippen molar-refractivity contribution in [3.8, 4) is 28.5 Å². The Hall–Kier alpha value is -4.21. The molecule has 1 aromatic heterocycles. The molecule has 198 valence electrons. The highest BCUT2D eigenvalue weighted by atomic mass is 35.5. The highest BCUT2D eigenvalue weighted by Crippen LogP contribution is 2.42. The Bertz CT molecular complexity index is 1620. The molecular formula is C28H22Cl2N4O5. The Kier molecular flexibility index (Phi) is 6.54. The number of aromatic nitrogens is 2. The number of anilines is 1. The van der Waals surface area contributed by atoms with Gasteiger partial charge in [-0.3, -0.25) is 4.79 Å². The number of hydrogen-bond acceptors (Lipinski definition) is 6. The second-order valence-electron chi connectivity index (χ2n) is 9.30. The van der Waals surface area contributed by atoms with Crippen molar-refractivity contribution >= 4 is 40.8 Å². The minimum absolute atomic E-state index is 0.0284. The van der Waals surface area contributed by atoms with Gasteiger partial charge in [0.2, 0.25) is 6.79 Å². The number of amides is 2. The highest BCUT2D eigenvalue weighted by Gasteiger charge is 2.31. The average Bonchev–Trinajstić information content (AvgIpc) is 3.50. The zero-order valence-electron chi connectivity index (χ0n) is 20.4. The molecular weight excluding hydrogens is 543 g/mol. The Morgan fingerprint density at radius 3 is 2.59 bits per heavy atom. The molecule has 0 bridgehead atoms. The first-order chi connectivity index (χ1) is 18.9. The monoisotopic (exact) mass is 564 g/mol. The van der Waals surface area contributed by atoms with Crippen molar-refractivity contribution in [2.45, 2.75) is 25.3 Å². The number of ether oxygens (including phenoxy) is 2. The molecule has 0 spiro atoms. The minimum Gasteiger partial charge on any atom is -0.507 e. The van der Waals surface area contributed by atoms with Crippen LogP contribution < -0.4 is 20.1 Å². The predicted octanol–water partition coefficient (Wildman–Crippen LogP) is 6.18. The second-order valence-corrected chi connectivity index (χ2v) is 10.1. The maximum Gasteiger partial charge on any atom is 0.342 e. The van der Waals surface area contributed by atoms with Crippen molar-refractivity contribution in [3.05, 3.63) is 87.5 Å². The molecule has 0 atom stereocenters. The lowest BCUT2D eigenvalue weighted by atomic mass is 10.1. The molecule has 11 heteroatoms. The number of aromatic hydroxyl groups is 1. The number of nitrogens with zero attached hydrogens (tertiary/aromatic N) is 2. The molecule has 0 unspecified atom stereocenters. The van der Waals surface area contributed by atoms with Crippen molar-refractivity contribution in [1.82, 2.24) is 15.1 Å². The largest absolute Gasteiger partial charge is 0.507 e. The van der Waals surface area contributed by atoms with Gasteiger partial charge in [0.25, 0.3) is 5.91 Å². The number of halogens is 2. The van der Waals surface area contributed by atoms with Gasteiger partial charge in [-0.2, -0.15) is 9.78 Å². The summed E-state index contributed by atoms with van der Waals surface area (Å²) in [5.41, 5.74) is 3.20. The lowest BCUT2D eigenvalue weighted by Gasteiger charge is -2.09. The smallest absolute Gasteiger partial charge is 0.342 e. The fourth-order valence-electron chi connectivity index (χ4n) is 4.32. The molecule has 9 nitrogen and oxygen atoms in total.